The van der Waals surface area contributed by atoms with Crippen molar-refractivity contribution >= 4 is 11.8 Å². The van der Waals surface area contributed by atoms with Gasteiger partial charge < -0.3 is 15.0 Å². The maximum absolute atomic E-state index is 12.8. The van der Waals surface area contributed by atoms with E-state index in [-0.39, 0.29) is 17.7 Å². The largest absolute Gasteiger partial charge is 0.497 e. The van der Waals surface area contributed by atoms with Crippen LogP contribution in [-0.4, -0.2) is 73.0 Å². The zero-order valence-corrected chi connectivity index (χ0v) is 17.3. The predicted molar refractivity (Wildman–Crippen MR) is 113 cm³/mol. The number of nitrogens with one attached hydrogen (secondary N) is 1. The summed E-state index contributed by atoms with van der Waals surface area (Å²) >= 11 is 0. The summed E-state index contributed by atoms with van der Waals surface area (Å²) < 4.78 is 5.11. The molecule has 1 aromatic heterocycles. The lowest BCUT2D eigenvalue weighted by Gasteiger charge is -2.35. The standard InChI is InChI=1S/C23H28N4O3/c1-30-19-6-4-17(5-7-19)22(28)25-9-10-26-11-13-27(14-12-26)23(29)21-15-20(21)18-3-2-8-24-16-18/h2-8,16,20-21H,9-15H2,1H3,(H,25,28). The van der Waals surface area contributed by atoms with Gasteiger partial charge in [0.2, 0.25) is 5.91 Å². The van der Waals surface area contributed by atoms with Crippen molar-refractivity contribution in [1.29, 1.82) is 0 Å². The lowest BCUT2D eigenvalue weighted by Crippen LogP contribution is -2.50. The Morgan fingerprint density at radius 2 is 1.90 bits per heavy atom. The first-order chi connectivity index (χ1) is 14.7. The number of hydrogen-bond acceptors (Lipinski definition) is 5. The van der Waals surface area contributed by atoms with E-state index in [0.717, 1.165) is 44.9 Å². The van der Waals surface area contributed by atoms with Crippen LogP contribution in [0.2, 0.25) is 0 Å². The van der Waals surface area contributed by atoms with E-state index in [1.807, 2.05) is 17.2 Å². The van der Waals surface area contributed by atoms with E-state index in [4.69, 9.17) is 4.74 Å². The first kappa shape index (κ1) is 20.3. The molecule has 4 rings (SSSR count). The molecular weight excluding hydrogens is 380 g/mol. The quantitative estimate of drug-likeness (QED) is 0.756. The number of benzene rings is 1. The van der Waals surface area contributed by atoms with Crippen LogP contribution in [0.4, 0.5) is 0 Å². The van der Waals surface area contributed by atoms with Gasteiger partial charge in [0.1, 0.15) is 5.75 Å². The van der Waals surface area contributed by atoms with Gasteiger partial charge in [-0.3, -0.25) is 19.5 Å². The number of carbonyl (C=O) groups excluding carboxylic acids is 2. The lowest BCUT2D eigenvalue weighted by molar-refractivity contribution is -0.134. The highest BCUT2D eigenvalue weighted by Crippen LogP contribution is 2.48. The fraction of sp³-hybridized carbons (Fsp3) is 0.435. The van der Waals surface area contributed by atoms with Crippen molar-refractivity contribution in [2.75, 3.05) is 46.4 Å². The zero-order chi connectivity index (χ0) is 20.9. The minimum Gasteiger partial charge on any atom is -0.497 e. The van der Waals surface area contributed by atoms with Crippen LogP contribution < -0.4 is 10.1 Å². The molecule has 1 N–H and O–H groups in total. The summed E-state index contributed by atoms with van der Waals surface area (Å²) in [5.41, 5.74) is 1.79. The average Bonchev–Trinajstić information content (AvgIpc) is 3.61. The smallest absolute Gasteiger partial charge is 0.251 e. The van der Waals surface area contributed by atoms with Crippen molar-refractivity contribution in [3.63, 3.8) is 0 Å². The van der Waals surface area contributed by atoms with Crippen molar-refractivity contribution in [1.82, 2.24) is 20.1 Å². The Morgan fingerprint density at radius 1 is 1.13 bits per heavy atom. The van der Waals surface area contributed by atoms with Crippen molar-refractivity contribution in [2.45, 2.75) is 12.3 Å². The normalized spacial score (nSPS) is 21.2. The number of carbonyl (C=O) groups is 2. The molecular formula is C23H28N4O3. The van der Waals surface area contributed by atoms with Crippen LogP contribution >= 0.6 is 0 Å². The number of ether oxygens (including phenoxy) is 1. The molecule has 2 heterocycles. The molecule has 30 heavy (non-hydrogen) atoms. The predicted octanol–water partition coefficient (Wildman–Crippen LogP) is 1.77. The van der Waals surface area contributed by atoms with Crippen molar-refractivity contribution in [3.8, 4) is 5.75 Å². The van der Waals surface area contributed by atoms with Crippen LogP contribution in [0.15, 0.2) is 48.8 Å². The number of hydrogen-bond donors (Lipinski definition) is 1. The molecule has 2 aliphatic rings. The van der Waals surface area contributed by atoms with Crippen molar-refractivity contribution in [3.05, 3.63) is 59.9 Å². The molecule has 2 aromatic rings. The van der Waals surface area contributed by atoms with Crippen LogP contribution in [-0.2, 0) is 4.79 Å². The molecule has 1 saturated heterocycles. The van der Waals surface area contributed by atoms with Gasteiger partial charge in [0.05, 0.1) is 7.11 Å². The second kappa shape index (κ2) is 9.26. The first-order valence-electron chi connectivity index (χ1n) is 10.5. The summed E-state index contributed by atoms with van der Waals surface area (Å²) in [6.45, 7) is 4.56. The van der Waals surface area contributed by atoms with E-state index in [1.165, 1.54) is 5.56 Å². The summed E-state index contributed by atoms with van der Waals surface area (Å²) in [7, 11) is 1.60. The molecule has 7 heteroatoms. The van der Waals surface area contributed by atoms with Crippen LogP contribution in [0, 0.1) is 5.92 Å². The monoisotopic (exact) mass is 408 g/mol. The number of pyridine rings is 1. The van der Waals surface area contributed by atoms with Crippen LogP contribution in [0.5, 0.6) is 5.75 Å². The van der Waals surface area contributed by atoms with Gasteiger partial charge in [-0.2, -0.15) is 0 Å². The van der Waals surface area contributed by atoms with E-state index in [0.29, 0.717) is 18.0 Å². The second-order valence-corrected chi connectivity index (χ2v) is 7.89. The lowest BCUT2D eigenvalue weighted by atomic mass is 10.1. The number of nitrogens with zero attached hydrogens (tertiary/aromatic N) is 3. The van der Waals surface area contributed by atoms with Crippen LogP contribution in [0.25, 0.3) is 0 Å². The number of amides is 2. The summed E-state index contributed by atoms with van der Waals surface area (Å²) in [6.07, 6.45) is 4.57. The van der Waals surface area contributed by atoms with Crippen molar-refractivity contribution < 1.29 is 14.3 Å². The molecule has 2 fully saturated rings. The number of aromatic nitrogens is 1. The third kappa shape index (κ3) is 4.79. The molecule has 158 valence electrons. The molecule has 2 unspecified atom stereocenters. The van der Waals surface area contributed by atoms with Gasteiger partial charge in [-0.05, 0) is 48.2 Å². The van der Waals surface area contributed by atoms with Gasteiger partial charge >= 0.3 is 0 Å². The molecule has 1 aromatic carbocycles. The topological polar surface area (TPSA) is 74.8 Å². The van der Waals surface area contributed by atoms with Gasteiger partial charge in [-0.15, -0.1) is 0 Å². The third-order valence-electron chi connectivity index (χ3n) is 5.97. The summed E-state index contributed by atoms with van der Waals surface area (Å²) in [6, 6.07) is 11.1. The molecule has 2 atom stereocenters. The fourth-order valence-corrected chi connectivity index (χ4v) is 4.03. The highest BCUT2D eigenvalue weighted by molar-refractivity contribution is 5.94. The average molecular weight is 409 g/mol. The third-order valence-corrected chi connectivity index (χ3v) is 5.97. The van der Waals surface area contributed by atoms with E-state index >= 15 is 0 Å². The molecule has 0 bridgehead atoms. The number of piperazine rings is 1. The summed E-state index contributed by atoms with van der Waals surface area (Å²) in [5, 5.41) is 2.96. The van der Waals surface area contributed by atoms with Crippen LogP contribution in [0.1, 0.15) is 28.3 Å². The van der Waals surface area contributed by atoms with E-state index in [2.05, 4.69) is 21.3 Å². The fourth-order valence-electron chi connectivity index (χ4n) is 4.03. The Morgan fingerprint density at radius 3 is 2.57 bits per heavy atom. The highest BCUT2D eigenvalue weighted by Gasteiger charge is 2.46. The molecule has 1 aliphatic carbocycles. The zero-order valence-electron chi connectivity index (χ0n) is 17.3. The molecule has 2 amide bonds. The Bertz CT molecular complexity index is 864. The van der Waals surface area contributed by atoms with E-state index in [1.54, 1.807) is 37.6 Å². The summed E-state index contributed by atoms with van der Waals surface area (Å²) in [4.78, 5) is 33.5. The van der Waals surface area contributed by atoms with Gasteiger partial charge in [-0.25, -0.2) is 0 Å². The molecule has 1 aliphatic heterocycles. The van der Waals surface area contributed by atoms with Crippen molar-refractivity contribution in [2.24, 2.45) is 5.92 Å². The number of methoxy groups -OCH3 is 1. The first-order valence-corrected chi connectivity index (χ1v) is 10.5. The Balaban J connectivity index is 1.16. The minimum atomic E-state index is -0.0818. The molecule has 0 spiro atoms. The molecule has 1 saturated carbocycles. The van der Waals surface area contributed by atoms with E-state index < -0.39 is 0 Å². The second-order valence-electron chi connectivity index (χ2n) is 7.89. The van der Waals surface area contributed by atoms with Crippen LogP contribution in [0.3, 0.4) is 0 Å². The van der Waals surface area contributed by atoms with Gasteiger partial charge in [-0.1, -0.05) is 6.07 Å². The van der Waals surface area contributed by atoms with Gasteiger partial charge in [0.15, 0.2) is 0 Å². The Hall–Kier alpha value is -2.93. The number of rotatable bonds is 7. The SMILES string of the molecule is COc1ccc(C(=O)NCCN2CCN(C(=O)C3CC3c3cccnc3)CC2)cc1. The van der Waals surface area contributed by atoms with E-state index in [9.17, 15) is 9.59 Å². The Labute approximate surface area is 177 Å². The molecule has 7 nitrogen and oxygen atoms in total. The Kier molecular flexibility index (Phi) is 6.28. The van der Waals surface area contributed by atoms with Gasteiger partial charge in [0.25, 0.3) is 5.91 Å². The maximum Gasteiger partial charge on any atom is 0.251 e. The molecule has 0 radical (unpaired) electrons. The maximum atomic E-state index is 12.8. The van der Waals surface area contributed by atoms with Gasteiger partial charge in [0, 0.05) is 63.1 Å². The minimum absolute atomic E-state index is 0.0818. The highest BCUT2D eigenvalue weighted by atomic mass is 16.5. The summed E-state index contributed by atoms with van der Waals surface area (Å²) in [5.74, 6) is 1.37.